The predicted molar refractivity (Wildman–Crippen MR) is 122 cm³/mol. The molecule has 4 rings (SSSR count). The summed E-state index contributed by atoms with van der Waals surface area (Å²) in [7, 11) is 0. The second-order valence-corrected chi connectivity index (χ2v) is 8.78. The van der Waals surface area contributed by atoms with Crippen LogP contribution in [0.5, 0.6) is 0 Å². The quantitative estimate of drug-likeness (QED) is 0.582. The zero-order valence-electron chi connectivity index (χ0n) is 17.7. The Morgan fingerprint density at radius 3 is 2.45 bits per heavy atom. The molecule has 1 aromatic heterocycles. The number of benzene rings is 2. The molecule has 0 bridgehead atoms. The Hall–Kier alpha value is -2.71. The first kappa shape index (κ1) is 21.5. The molecular weight excluding hydrogens is 458 g/mol. The minimum Gasteiger partial charge on any atom is -0.338 e. The molecule has 1 fully saturated rings. The van der Waals surface area contributed by atoms with Crippen LogP contribution < -0.4 is 5.32 Å². The number of aromatic nitrogens is 2. The lowest BCUT2D eigenvalue weighted by molar-refractivity contribution is 0.125. The van der Waals surface area contributed by atoms with Gasteiger partial charge in [-0.25, -0.2) is 4.79 Å². The Bertz CT molecular complexity index is 1010. The van der Waals surface area contributed by atoms with E-state index in [4.69, 9.17) is 4.52 Å². The number of hydrogen-bond acceptors (Lipinski definition) is 5. The van der Waals surface area contributed by atoms with Crippen molar-refractivity contribution in [3.63, 3.8) is 0 Å². The van der Waals surface area contributed by atoms with Gasteiger partial charge >= 0.3 is 6.03 Å². The maximum atomic E-state index is 12.6. The summed E-state index contributed by atoms with van der Waals surface area (Å²) in [6.45, 7) is 7.50. The maximum Gasteiger partial charge on any atom is 0.317 e. The van der Waals surface area contributed by atoms with Crippen LogP contribution in [0.15, 0.2) is 57.5 Å². The predicted octanol–water partition coefficient (Wildman–Crippen LogP) is 4.40. The van der Waals surface area contributed by atoms with Crippen LogP contribution in [0.4, 0.5) is 4.79 Å². The van der Waals surface area contributed by atoms with Crippen LogP contribution in [0, 0.1) is 6.92 Å². The highest BCUT2D eigenvalue weighted by atomic mass is 79.9. The average Bonchev–Trinajstić information content (AvgIpc) is 3.23. The van der Waals surface area contributed by atoms with Crippen LogP contribution >= 0.6 is 15.9 Å². The highest BCUT2D eigenvalue weighted by molar-refractivity contribution is 9.10. The summed E-state index contributed by atoms with van der Waals surface area (Å²) < 4.78 is 6.46. The topological polar surface area (TPSA) is 74.5 Å². The zero-order valence-corrected chi connectivity index (χ0v) is 19.3. The van der Waals surface area contributed by atoms with Gasteiger partial charge in [0.25, 0.3) is 0 Å². The molecule has 1 atom stereocenters. The molecular formula is C23H26BrN5O2. The number of hydrogen-bond donors (Lipinski definition) is 1. The first-order valence-electron chi connectivity index (χ1n) is 10.4. The van der Waals surface area contributed by atoms with Gasteiger partial charge in [0.05, 0.1) is 12.6 Å². The second-order valence-electron chi connectivity index (χ2n) is 7.86. The van der Waals surface area contributed by atoms with Crippen LogP contribution in [0.3, 0.4) is 0 Å². The van der Waals surface area contributed by atoms with Gasteiger partial charge in [-0.1, -0.05) is 63.0 Å². The van der Waals surface area contributed by atoms with Crippen molar-refractivity contribution in [3.8, 4) is 11.4 Å². The van der Waals surface area contributed by atoms with E-state index in [0.29, 0.717) is 31.3 Å². The van der Waals surface area contributed by atoms with Crippen LogP contribution in [0.25, 0.3) is 11.4 Å². The Kier molecular flexibility index (Phi) is 6.67. The third kappa shape index (κ3) is 5.51. The molecule has 0 spiro atoms. The molecule has 3 aromatic rings. The lowest BCUT2D eigenvalue weighted by atomic mass is 10.1. The molecule has 1 saturated heterocycles. The van der Waals surface area contributed by atoms with Gasteiger partial charge in [-0.05, 0) is 31.5 Å². The fraction of sp³-hybridized carbons (Fsp3) is 0.348. The van der Waals surface area contributed by atoms with Gasteiger partial charge in [0, 0.05) is 36.2 Å². The summed E-state index contributed by atoms with van der Waals surface area (Å²) >= 11 is 3.44. The van der Waals surface area contributed by atoms with Crippen molar-refractivity contribution in [2.24, 2.45) is 0 Å². The molecule has 0 aliphatic carbocycles. The van der Waals surface area contributed by atoms with Gasteiger partial charge < -0.3 is 14.7 Å². The van der Waals surface area contributed by atoms with Gasteiger partial charge in [-0.15, -0.1) is 0 Å². The average molecular weight is 484 g/mol. The van der Waals surface area contributed by atoms with Gasteiger partial charge in [0.2, 0.25) is 11.7 Å². The van der Waals surface area contributed by atoms with Gasteiger partial charge in [0.15, 0.2) is 0 Å². The maximum absolute atomic E-state index is 12.6. The summed E-state index contributed by atoms with van der Waals surface area (Å²) in [6, 6.07) is 16.0. The van der Waals surface area contributed by atoms with E-state index in [1.165, 1.54) is 5.56 Å². The monoisotopic (exact) mass is 483 g/mol. The van der Waals surface area contributed by atoms with Crippen molar-refractivity contribution in [3.05, 3.63) is 70.0 Å². The third-order valence-corrected chi connectivity index (χ3v) is 6.03. The van der Waals surface area contributed by atoms with Crippen molar-refractivity contribution in [1.82, 2.24) is 25.3 Å². The molecule has 2 aromatic carbocycles. The van der Waals surface area contributed by atoms with E-state index in [-0.39, 0.29) is 12.1 Å². The highest BCUT2D eigenvalue weighted by Gasteiger charge is 2.23. The minimum absolute atomic E-state index is 0.0329. The summed E-state index contributed by atoms with van der Waals surface area (Å²) in [5.41, 5.74) is 3.22. The van der Waals surface area contributed by atoms with E-state index in [1.807, 2.05) is 67.3 Å². The van der Waals surface area contributed by atoms with Crippen molar-refractivity contribution < 1.29 is 9.32 Å². The van der Waals surface area contributed by atoms with Crippen LogP contribution in [-0.2, 0) is 6.54 Å². The number of piperazine rings is 1. The van der Waals surface area contributed by atoms with Crippen molar-refractivity contribution in [2.45, 2.75) is 26.4 Å². The first-order valence-corrected chi connectivity index (χ1v) is 11.2. The lowest BCUT2D eigenvalue weighted by Crippen LogP contribution is -2.51. The number of nitrogens with zero attached hydrogens (tertiary/aromatic N) is 4. The molecule has 8 heteroatoms. The van der Waals surface area contributed by atoms with E-state index in [0.717, 1.165) is 28.7 Å². The fourth-order valence-electron chi connectivity index (χ4n) is 3.55. The highest BCUT2D eigenvalue weighted by Crippen LogP contribution is 2.19. The lowest BCUT2D eigenvalue weighted by Gasteiger charge is -2.34. The molecule has 31 heavy (non-hydrogen) atoms. The molecule has 0 saturated carbocycles. The molecule has 1 unspecified atom stereocenters. The standard InChI is InChI=1S/C23H26BrN5O2/c1-16-3-5-19(6-4-16)22-26-21(31-27-22)15-28-11-13-29(14-12-28)23(30)25-17(2)18-7-9-20(24)10-8-18/h3-10,17H,11-15H2,1-2H3,(H,25,30). The first-order chi connectivity index (χ1) is 15.0. The largest absolute Gasteiger partial charge is 0.338 e. The second kappa shape index (κ2) is 9.62. The zero-order chi connectivity index (χ0) is 21.8. The van der Waals surface area contributed by atoms with Crippen molar-refractivity contribution in [2.75, 3.05) is 26.2 Å². The van der Waals surface area contributed by atoms with Crippen molar-refractivity contribution >= 4 is 22.0 Å². The van der Waals surface area contributed by atoms with Crippen LogP contribution in [0.1, 0.15) is 30.0 Å². The summed E-state index contributed by atoms with van der Waals surface area (Å²) in [6.07, 6.45) is 0. The van der Waals surface area contributed by atoms with Gasteiger partial charge in [-0.2, -0.15) is 4.98 Å². The van der Waals surface area contributed by atoms with E-state index < -0.39 is 0 Å². The number of aryl methyl sites for hydroxylation is 1. The van der Waals surface area contributed by atoms with E-state index in [2.05, 4.69) is 36.3 Å². The number of amides is 2. The molecule has 1 aliphatic rings. The van der Waals surface area contributed by atoms with Crippen molar-refractivity contribution in [1.29, 1.82) is 0 Å². The number of rotatable bonds is 5. The summed E-state index contributed by atoms with van der Waals surface area (Å²) in [5, 5.41) is 7.19. The molecule has 1 aliphatic heterocycles. The molecule has 0 radical (unpaired) electrons. The fourth-order valence-corrected chi connectivity index (χ4v) is 3.81. The Morgan fingerprint density at radius 2 is 1.77 bits per heavy atom. The Labute approximate surface area is 190 Å². The number of urea groups is 1. The molecule has 162 valence electrons. The number of carbonyl (C=O) groups excluding carboxylic acids is 1. The Morgan fingerprint density at radius 1 is 1.10 bits per heavy atom. The SMILES string of the molecule is Cc1ccc(-c2noc(CN3CCN(C(=O)NC(C)c4ccc(Br)cc4)CC3)n2)cc1. The van der Waals surface area contributed by atoms with E-state index >= 15 is 0 Å². The summed E-state index contributed by atoms with van der Waals surface area (Å²) in [5.74, 6) is 1.20. The molecule has 2 heterocycles. The number of carbonyl (C=O) groups is 1. The Balaban J connectivity index is 1.26. The van der Waals surface area contributed by atoms with Crippen LogP contribution in [0.2, 0.25) is 0 Å². The molecule has 2 amide bonds. The van der Waals surface area contributed by atoms with E-state index in [1.54, 1.807) is 0 Å². The minimum atomic E-state index is -0.0442. The van der Waals surface area contributed by atoms with Gasteiger partial charge in [-0.3, -0.25) is 4.90 Å². The normalized spacial score (nSPS) is 15.6. The van der Waals surface area contributed by atoms with E-state index in [9.17, 15) is 4.79 Å². The van der Waals surface area contributed by atoms with Crippen LogP contribution in [-0.4, -0.2) is 52.2 Å². The number of nitrogens with one attached hydrogen (secondary N) is 1. The smallest absolute Gasteiger partial charge is 0.317 e. The van der Waals surface area contributed by atoms with Gasteiger partial charge in [0.1, 0.15) is 0 Å². The molecule has 1 N–H and O–H groups in total. The molecule has 7 nitrogen and oxygen atoms in total. The summed E-state index contributed by atoms with van der Waals surface area (Å²) in [4.78, 5) is 21.3. The third-order valence-electron chi connectivity index (χ3n) is 5.51. The number of halogens is 1.